The van der Waals surface area contributed by atoms with E-state index >= 15 is 0 Å². The highest BCUT2D eigenvalue weighted by molar-refractivity contribution is 5.96. The molecule has 1 N–H and O–H groups in total. The molecule has 23 heavy (non-hydrogen) atoms. The molecule has 0 bridgehead atoms. The van der Waals surface area contributed by atoms with Crippen LogP contribution >= 0.6 is 0 Å². The third kappa shape index (κ3) is 4.00. The fourth-order valence-corrected chi connectivity index (χ4v) is 2.63. The molecule has 126 valence electrons. The second kappa shape index (κ2) is 6.98. The highest BCUT2D eigenvalue weighted by atomic mass is 16.5. The number of hydrogen-bond donors (Lipinski definition) is 1. The standard InChI is InChI=1S/C17H26N4O2/c1-10(2)16-15(14(6)20-23-16)17(22)18-8-11(3)9-21-13(5)7-12(4)19-21/h7,10-11H,8-9H2,1-6H3,(H,18,22). The van der Waals surface area contributed by atoms with E-state index in [1.165, 1.54) is 0 Å². The summed E-state index contributed by atoms with van der Waals surface area (Å²) >= 11 is 0. The molecule has 2 rings (SSSR count). The van der Waals surface area contributed by atoms with Crippen molar-refractivity contribution in [3.8, 4) is 0 Å². The zero-order chi connectivity index (χ0) is 17.1. The van der Waals surface area contributed by atoms with Crippen molar-refractivity contribution in [2.75, 3.05) is 6.54 Å². The van der Waals surface area contributed by atoms with E-state index in [-0.39, 0.29) is 17.7 Å². The molecule has 1 atom stereocenters. The van der Waals surface area contributed by atoms with Crippen molar-refractivity contribution in [1.82, 2.24) is 20.3 Å². The second-order valence-corrected chi connectivity index (χ2v) is 6.59. The van der Waals surface area contributed by atoms with Crippen LogP contribution in [0.3, 0.4) is 0 Å². The Labute approximate surface area is 137 Å². The molecule has 0 spiro atoms. The molecule has 2 aromatic rings. The lowest BCUT2D eigenvalue weighted by molar-refractivity contribution is 0.0943. The first kappa shape index (κ1) is 17.2. The van der Waals surface area contributed by atoms with Gasteiger partial charge in [0, 0.05) is 24.7 Å². The number of hydrogen-bond acceptors (Lipinski definition) is 4. The number of aryl methyl sites for hydroxylation is 3. The summed E-state index contributed by atoms with van der Waals surface area (Å²) in [6.45, 7) is 13.3. The van der Waals surface area contributed by atoms with Crippen LogP contribution in [0.2, 0.25) is 0 Å². The van der Waals surface area contributed by atoms with Gasteiger partial charge in [0.05, 0.1) is 11.4 Å². The van der Waals surface area contributed by atoms with Gasteiger partial charge in [0.15, 0.2) is 5.76 Å². The molecule has 6 heteroatoms. The molecule has 0 saturated heterocycles. The number of aromatic nitrogens is 3. The maximum Gasteiger partial charge on any atom is 0.256 e. The van der Waals surface area contributed by atoms with Crippen LogP contribution in [0, 0.1) is 26.7 Å². The Kier molecular flexibility index (Phi) is 5.23. The van der Waals surface area contributed by atoms with Crippen LogP contribution in [-0.4, -0.2) is 27.4 Å². The number of nitrogens with zero attached hydrogens (tertiary/aromatic N) is 3. The molecule has 0 aliphatic rings. The second-order valence-electron chi connectivity index (χ2n) is 6.59. The van der Waals surface area contributed by atoms with Crippen LogP contribution in [0.25, 0.3) is 0 Å². The number of nitrogens with one attached hydrogen (secondary N) is 1. The van der Waals surface area contributed by atoms with Crippen LogP contribution in [0.5, 0.6) is 0 Å². The Hall–Kier alpha value is -2.11. The van der Waals surface area contributed by atoms with Gasteiger partial charge in [-0.2, -0.15) is 5.10 Å². The van der Waals surface area contributed by atoms with Gasteiger partial charge in [-0.05, 0) is 32.8 Å². The first-order valence-corrected chi connectivity index (χ1v) is 8.05. The van der Waals surface area contributed by atoms with Gasteiger partial charge in [0.2, 0.25) is 0 Å². The summed E-state index contributed by atoms with van der Waals surface area (Å²) in [5.74, 6) is 0.933. The predicted molar refractivity (Wildman–Crippen MR) is 88.5 cm³/mol. The lowest BCUT2D eigenvalue weighted by atomic mass is 10.0. The Morgan fingerprint density at radius 3 is 2.57 bits per heavy atom. The van der Waals surface area contributed by atoms with E-state index in [1.54, 1.807) is 6.92 Å². The minimum atomic E-state index is -0.118. The zero-order valence-electron chi connectivity index (χ0n) is 14.8. The van der Waals surface area contributed by atoms with E-state index in [9.17, 15) is 4.79 Å². The molecule has 0 aromatic carbocycles. The monoisotopic (exact) mass is 318 g/mol. The summed E-state index contributed by atoms with van der Waals surface area (Å²) in [5.41, 5.74) is 3.36. The smallest absolute Gasteiger partial charge is 0.256 e. The van der Waals surface area contributed by atoms with Gasteiger partial charge in [-0.25, -0.2) is 0 Å². The number of amides is 1. The van der Waals surface area contributed by atoms with E-state index in [4.69, 9.17) is 4.52 Å². The Balaban J connectivity index is 1.96. The van der Waals surface area contributed by atoms with Crippen LogP contribution in [0.15, 0.2) is 10.6 Å². The van der Waals surface area contributed by atoms with E-state index in [0.29, 0.717) is 23.6 Å². The minimum Gasteiger partial charge on any atom is -0.360 e. The molecule has 0 saturated carbocycles. The maximum atomic E-state index is 12.4. The van der Waals surface area contributed by atoms with Gasteiger partial charge < -0.3 is 9.84 Å². The van der Waals surface area contributed by atoms with Gasteiger partial charge in [-0.15, -0.1) is 0 Å². The molecule has 1 unspecified atom stereocenters. The summed E-state index contributed by atoms with van der Waals surface area (Å²) in [4.78, 5) is 12.4. The number of rotatable bonds is 6. The fraction of sp³-hybridized carbons (Fsp3) is 0.588. The molecule has 0 radical (unpaired) electrons. The third-order valence-electron chi connectivity index (χ3n) is 3.84. The predicted octanol–water partition coefficient (Wildman–Crippen LogP) is 2.99. The molecule has 0 aliphatic carbocycles. The molecular weight excluding hydrogens is 292 g/mol. The van der Waals surface area contributed by atoms with Gasteiger partial charge in [0.25, 0.3) is 5.91 Å². The van der Waals surface area contributed by atoms with Gasteiger partial charge in [0.1, 0.15) is 5.56 Å². The van der Waals surface area contributed by atoms with Gasteiger partial charge >= 0.3 is 0 Å². The lowest BCUT2D eigenvalue weighted by Crippen LogP contribution is -2.31. The highest BCUT2D eigenvalue weighted by Crippen LogP contribution is 2.22. The summed E-state index contributed by atoms with van der Waals surface area (Å²) in [6.07, 6.45) is 0. The minimum absolute atomic E-state index is 0.118. The van der Waals surface area contributed by atoms with Crippen LogP contribution in [0.1, 0.15) is 59.9 Å². The van der Waals surface area contributed by atoms with Crippen molar-refractivity contribution in [2.45, 2.75) is 54.0 Å². The lowest BCUT2D eigenvalue weighted by Gasteiger charge is -2.14. The first-order valence-electron chi connectivity index (χ1n) is 8.05. The molecular formula is C17H26N4O2. The van der Waals surface area contributed by atoms with E-state index in [0.717, 1.165) is 17.9 Å². The van der Waals surface area contributed by atoms with Crippen LogP contribution in [0.4, 0.5) is 0 Å². The van der Waals surface area contributed by atoms with Crippen molar-refractivity contribution >= 4 is 5.91 Å². The summed E-state index contributed by atoms with van der Waals surface area (Å²) in [7, 11) is 0. The van der Waals surface area contributed by atoms with Crippen molar-refractivity contribution in [3.05, 3.63) is 34.5 Å². The van der Waals surface area contributed by atoms with Crippen molar-refractivity contribution < 1.29 is 9.32 Å². The van der Waals surface area contributed by atoms with Crippen LogP contribution in [-0.2, 0) is 6.54 Å². The molecule has 2 heterocycles. The third-order valence-corrected chi connectivity index (χ3v) is 3.84. The SMILES string of the molecule is Cc1cc(C)n(CC(C)CNC(=O)c2c(C)noc2C(C)C)n1. The zero-order valence-corrected chi connectivity index (χ0v) is 14.8. The Bertz CT molecular complexity index is 685. The van der Waals surface area contributed by atoms with E-state index < -0.39 is 0 Å². The summed E-state index contributed by atoms with van der Waals surface area (Å²) < 4.78 is 7.26. The normalized spacial score (nSPS) is 12.7. The van der Waals surface area contributed by atoms with Crippen LogP contribution < -0.4 is 5.32 Å². The molecule has 0 fully saturated rings. The van der Waals surface area contributed by atoms with Gasteiger partial charge in [-0.3, -0.25) is 9.48 Å². The first-order chi connectivity index (χ1) is 10.8. The largest absolute Gasteiger partial charge is 0.360 e. The maximum absolute atomic E-state index is 12.4. The van der Waals surface area contributed by atoms with Gasteiger partial charge in [-0.1, -0.05) is 25.9 Å². The highest BCUT2D eigenvalue weighted by Gasteiger charge is 2.22. The molecule has 2 aromatic heterocycles. The molecule has 0 aliphatic heterocycles. The van der Waals surface area contributed by atoms with Crippen molar-refractivity contribution in [2.24, 2.45) is 5.92 Å². The summed E-state index contributed by atoms with van der Waals surface area (Å²) in [5, 5.41) is 11.4. The average molecular weight is 318 g/mol. The number of carbonyl (C=O) groups is 1. The fourth-order valence-electron chi connectivity index (χ4n) is 2.63. The van der Waals surface area contributed by atoms with E-state index in [2.05, 4.69) is 28.6 Å². The topological polar surface area (TPSA) is 73.0 Å². The molecule has 6 nitrogen and oxygen atoms in total. The Morgan fingerprint density at radius 1 is 1.30 bits per heavy atom. The van der Waals surface area contributed by atoms with Crippen molar-refractivity contribution in [3.63, 3.8) is 0 Å². The van der Waals surface area contributed by atoms with E-state index in [1.807, 2.05) is 32.4 Å². The Morgan fingerprint density at radius 2 is 2.00 bits per heavy atom. The quantitative estimate of drug-likeness (QED) is 0.888. The summed E-state index contributed by atoms with van der Waals surface area (Å²) in [6, 6.07) is 2.06. The number of carbonyl (C=O) groups excluding carboxylic acids is 1. The molecule has 1 amide bonds. The average Bonchev–Trinajstić information content (AvgIpc) is 2.99. The van der Waals surface area contributed by atoms with Crippen molar-refractivity contribution in [1.29, 1.82) is 0 Å².